The molecule has 0 saturated heterocycles. The van der Waals surface area contributed by atoms with Gasteiger partial charge in [0.15, 0.2) is 0 Å². The van der Waals surface area contributed by atoms with Crippen molar-refractivity contribution in [2.24, 2.45) is 5.92 Å². The monoisotopic (exact) mass is 367 g/mol. The van der Waals surface area contributed by atoms with Crippen LogP contribution in [-0.4, -0.2) is 36.8 Å². The lowest BCUT2D eigenvalue weighted by Gasteiger charge is -2.44. The van der Waals surface area contributed by atoms with Crippen LogP contribution in [0.25, 0.3) is 0 Å². The van der Waals surface area contributed by atoms with Crippen molar-refractivity contribution in [2.45, 2.75) is 50.9 Å². The van der Waals surface area contributed by atoms with E-state index in [2.05, 4.69) is 62.3 Å². The summed E-state index contributed by atoms with van der Waals surface area (Å²) >= 11 is 0. The molecule has 1 N–H and O–H groups in total. The number of ether oxygens (including phenoxy) is 1. The van der Waals surface area contributed by atoms with Gasteiger partial charge < -0.3 is 14.7 Å². The number of aryl methyl sites for hydroxylation is 1. The van der Waals surface area contributed by atoms with Crippen molar-refractivity contribution in [2.75, 3.05) is 20.6 Å². The molecule has 0 bridgehead atoms. The summed E-state index contributed by atoms with van der Waals surface area (Å²) in [5, 5.41) is 11.6. The molecule has 0 amide bonds. The number of aliphatic hydroxyl groups is 1. The Morgan fingerprint density at radius 2 is 1.74 bits per heavy atom. The lowest BCUT2D eigenvalue weighted by atomic mass is 9.70. The van der Waals surface area contributed by atoms with E-state index in [1.54, 1.807) is 0 Å². The van der Waals surface area contributed by atoms with E-state index in [1.165, 1.54) is 11.1 Å². The van der Waals surface area contributed by atoms with Crippen LogP contribution in [0.15, 0.2) is 54.6 Å². The average Bonchev–Trinajstić information content (AvgIpc) is 2.69. The van der Waals surface area contributed by atoms with Crippen LogP contribution in [0.2, 0.25) is 0 Å². The maximum atomic E-state index is 11.6. The van der Waals surface area contributed by atoms with E-state index in [0.717, 1.165) is 37.8 Å². The second-order valence-electron chi connectivity index (χ2n) is 8.13. The third kappa shape index (κ3) is 4.98. The van der Waals surface area contributed by atoms with Crippen molar-refractivity contribution in [3.05, 3.63) is 71.3 Å². The number of hydrogen-bond donors (Lipinski definition) is 1. The number of hydrogen-bond acceptors (Lipinski definition) is 3. The molecule has 2 aromatic rings. The van der Waals surface area contributed by atoms with E-state index in [1.807, 2.05) is 18.2 Å². The minimum atomic E-state index is -0.775. The summed E-state index contributed by atoms with van der Waals surface area (Å²) in [5.41, 5.74) is 2.79. The van der Waals surface area contributed by atoms with Crippen LogP contribution in [0.1, 0.15) is 42.9 Å². The van der Waals surface area contributed by atoms with Gasteiger partial charge in [0.25, 0.3) is 0 Å². The summed E-state index contributed by atoms with van der Waals surface area (Å²) < 4.78 is 6.22. The van der Waals surface area contributed by atoms with Crippen molar-refractivity contribution in [3.8, 4) is 0 Å². The highest BCUT2D eigenvalue weighted by molar-refractivity contribution is 5.29. The quantitative estimate of drug-likeness (QED) is 0.788. The molecule has 0 spiro atoms. The Labute approximate surface area is 164 Å². The van der Waals surface area contributed by atoms with Gasteiger partial charge in [0.05, 0.1) is 18.3 Å². The molecule has 2 aromatic carbocycles. The molecule has 0 aliphatic heterocycles. The van der Waals surface area contributed by atoms with Crippen LogP contribution in [0, 0.1) is 5.92 Å². The van der Waals surface area contributed by atoms with Gasteiger partial charge in [0, 0.05) is 12.5 Å². The van der Waals surface area contributed by atoms with E-state index in [9.17, 15) is 5.11 Å². The Kier molecular flexibility index (Phi) is 6.69. The zero-order chi connectivity index (χ0) is 19.3. The van der Waals surface area contributed by atoms with E-state index in [-0.39, 0.29) is 12.0 Å². The smallest absolute Gasteiger partial charge is 0.0938 e. The van der Waals surface area contributed by atoms with E-state index in [0.29, 0.717) is 6.61 Å². The van der Waals surface area contributed by atoms with Gasteiger partial charge in [-0.3, -0.25) is 0 Å². The van der Waals surface area contributed by atoms with Crippen LogP contribution in [0.4, 0.5) is 0 Å². The largest absolute Gasteiger partial charge is 0.385 e. The molecule has 0 heterocycles. The fourth-order valence-electron chi connectivity index (χ4n) is 4.23. The lowest BCUT2D eigenvalue weighted by Crippen LogP contribution is -2.46. The summed E-state index contributed by atoms with van der Waals surface area (Å²) in [4.78, 5) is 2.18. The van der Waals surface area contributed by atoms with Gasteiger partial charge in [-0.25, -0.2) is 0 Å². The van der Waals surface area contributed by atoms with Crippen molar-refractivity contribution in [3.63, 3.8) is 0 Å². The Morgan fingerprint density at radius 1 is 1.04 bits per heavy atom. The third-order valence-electron chi connectivity index (χ3n) is 5.85. The van der Waals surface area contributed by atoms with Gasteiger partial charge in [0.1, 0.15) is 0 Å². The molecule has 3 rings (SSSR count). The zero-order valence-corrected chi connectivity index (χ0v) is 16.9. The topological polar surface area (TPSA) is 32.7 Å². The molecule has 1 aliphatic rings. The average molecular weight is 368 g/mol. The first-order chi connectivity index (χ1) is 13.0. The predicted molar refractivity (Wildman–Crippen MR) is 111 cm³/mol. The fraction of sp³-hybridized carbons (Fsp3) is 0.500. The molecular weight excluding hydrogens is 334 g/mol. The van der Waals surface area contributed by atoms with E-state index in [4.69, 9.17) is 4.74 Å². The highest BCUT2D eigenvalue weighted by atomic mass is 16.5. The molecule has 3 atom stereocenters. The van der Waals surface area contributed by atoms with Gasteiger partial charge in [-0.1, -0.05) is 61.5 Å². The molecule has 27 heavy (non-hydrogen) atoms. The lowest BCUT2D eigenvalue weighted by molar-refractivity contribution is -0.110. The first kappa shape index (κ1) is 20.1. The maximum Gasteiger partial charge on any atom is 0.0938 e. The van der Waals surface area contributed by atoms with Crippen LogP contribution in [0.3, 0.4) is 0 Å². The second kappa shape index (κ2) is 9.01. The van der Waals surface area contributed by atoms with Gasteiger partial charge >= 0.3 is 0 Å². The molecular formula is C24H33NO2. The zero-order valence-electron chi connectivity index (χ0n) is 16.9. The number of nitrogens with zero attached hydrogens (tertiary/aromatic N) is 1. The molecule has 3 unspecified atom stereocenters. The summed E-state index contributed by atoms with van der Waals surface area (Å²) in [6.45, 7) is 3.66. The minimum absolute atomic E-state index is 0.162. The molecule has 0 radical (unpaired) electrons. The molecule has 3 nitrogen and oxygen atoms in total. The fourth-order valence-corrected chi connectivity index (χ4v) is 4.23. The number of benzene rings is 2. The predicted octanol–water partition coefficient (Wildman–Crippen LogP) is 4.38. The SMILES string of the molecule is CCc1ccc(C2(O)CCC(OCc3ccccc3)CC2CN(C)C)cc1. The molecule has 3 heteroatoms. The summed E-state index contributed by atoms with van der Waals surface area (Å²) in [6.07, 6.45) is 3.75. The Balaban J connectivity index is 1.71. The van der Waals surface area contributed by atoms with E-state index >= 15 is 0 Å². The normalized spacial score (nSPS) is 25.7. The van der Waals surface area contributed by atoms with Crippen molar-refractivity contribution in [1.82, 2.24) is 4.90 Å². The van der Waals surface area contributed by atoms with Gasteiger partial charge in [-0.05, 0) is 56.5 Å². The van der Waals surface area contributed by atoms with Gasteiger partial charge in [-0.15, -0.1) is 0 Å². The first-order valence-corrected chi connectivity index (χ1v) is 10.1. The van der Waals surface area contributed by atoms with Crippen LogP contribution >= 0.6 is 0 Å². The second-order valence-corrected chi connectivity index (χ2v) is 8.13. The Morgan fingerprint density at radius 3 is 2.37 bits per heavy atom. The highest BCUT2D eigenvalue weighted by Gasteiger charge is 2.43. The van der Waals surface area contributed by atoms with Crippen LogP contribution in [-0.2, 0) is 23.4 Å². The minimum Gasteiger partial charge on any atom is -0.385 e. The number of rotatable bonds is 7. The standard InChI is InChI=1S/C24H33NO2/c1-4-19-10-12-21(13-11-19)24(26)15-14-23(16-22(24)17-25(2)3)27-18-20-8-6-5-7-9-20/h5-13,22-23,26H,4,14-18H2,1-3H3. The molecule has 0 aromatic heterocycles. The van der Waals surface area contributed by atoms with Crippen molar-refractivity contribution < 1.29 is 9.84 Å². The summed E-state index contributed by atoms with van der Waals surface area (Å²) in [5.74, 6) is 0.162. The van der Waals surface area contributed by atoms with E-state index < -0.39 is 5.60 Å². The molecule has 146 valence electrons. The Bertz CT molecular complexity index is 698. The van der Waals surface area contributed by atoms with Gasteiger partial charge in [-0.2, -0.15) is 0 Å². The van der Waals surface area contributed by atoms with Crippen molar-refractivity contribution >= 4 is 0 Å². The first-order valence-electron chi connectivity index (χ1n) is 10.1. The third-order valence-corrected chi connectivity index (χ3v) is 5.85. The summed E-state index contributed by atoms with van der Waals surface area (Å²) in [7, 11) is 4.16. The Hall–Kier alpha value is -1.68. The highest BCUT2D eigenvalue weighted by Crippen LogP contribution is 2.43. The van der Waals surface area contributed by atoms with Crippen LogP contribution < -0.4 is 0 Å². The molecule has 1 fully saturated rings. The summed E-state index contributed by atoms with van der Waals surface area (Å²) in [6, 6.07) is 18.9. The maximum absolute atomic E-state index is 11.6. The molecule has 1 aliphatic carbocycles. The van der Waals surface area contributed by atoms with Crippen molar-refractivity contribution in [1.29, 1.82) is 0 Å². The van der Waals surface area contributed by atoms with Crippen LogP contribution in [0.5, 0.6) is 0 Å². The van der Waals surface area contributed by atoms with Gasteiger partial charge in [0.2, 0.25) is 0 Å². The molecule has 1 saturated carbocycles.